The number of carbonyl (C=O) groups is 2. The third-order valence-corrected chi connectivity index (χ3v) is 3.88. The van der Waals surface area contributed by atoms with Gasteiger partial charge < -0.3 is 19.9 Å². The number of carboxylic acid groups (broad SMARTS) is 1. The van der Waals surface area contributed by atoms with Gasteiger partial charge in [0.15, 0.2) is 11.5 Å². The molecule has 6 heteroatoms. The van der Waals surface area contributed by atoms with Crippen molar-refractivity contribution in [1.29, 1.82) is 0 Å². The van der Waals surface area contributed by atoms with Crippen molar-refractivity contribution in [1.82, 2.24) is 5.32 Å². The zero-order valence-electron chi connectivity index (χ0n) is 15.0. The van der Waals surface area contributed by atoms with E-state index in [2.05, 4.69) is 19.2 Å². The van der Waals surface area contributed by atoms with Crippen molar-refractivity contribution in [3.05, 3.63) is 23.8 Å². The van der Waals surface area contributed by atoms with Gasteiger partial charge in [-0.05, 0) is 44.4 Å². The molecule has 2 N–H and O–H groups in total. The number of hydrogen-bond acceptors (Lipinski definition) is 4. The van der Waals surface area contributed by atoms with E-state index in [1.165, 1.54) is 7.11 Å². The van der Waals surface area contributed by atoms with E-state index in [1.54, 1.807) is 32.0 Å². The van der Waals surface area contributed by atoms with Crippen LogP contribution in [0.25, 0.3) is 0 Å². The van der Waals surface area contributed by atoms with Crippen molar-refractivity contribution in [2.24, 2.45) is 11.8 Å². The summed E-state index contributed by atoms with van der Waals surface area (Å²) in [6.07, 6.45) is 0.927. The average molecular weight is 337 g/mol. The van der Waals surface area contributed by atoms with Gasteiger partial charge in [0.2, 0.25) is 0 Å². The molecule has 0 aliphatic rings. The summed E-state index contributed by atoms with van der Waals surface area (Å²) in [5.74, 6) is -0.364. The van der Waals surface area contributed by atoms with Crippen LogP contribution in [-0.2, 0) is 4.79 Å². The number of carbonyl (C=O) groups excluding carboxylic acids is 1. The molecule has 6 nitrogen and oxygen atoms in total. The molecule has 134 valence electrons. The molecule has 1 aromatic rings. The largest absolute Gasteiger partial charge is 0.493 e. The fourth-order valence-electron chi connectivity index (χ4n) is 1.96. The second kappa shape index (κ2) is 9.15. The summed E-state index contributed by atoms with van der Waals surface area (Å²) in [6.45, 7) is 8.03. The lowest BCUT2D eigenvalue weighted by Gasteiger charge is -2.18. The van der Waals surface area contributed by atoms with E-state index in [1.807, 2.05) is 0 Å². The van der Waals surface area contributed by atoms with Gasteiger partial charge in [-0.2, -0.15) is 0 Å². The van der Waals surface area contributed by atoms with E-state index in [0.29, 0.717) is 29.6 Å². The van der Waals surface area contributed by atoms with Crippen LogP contribution >= 0.6 is 0 Å². The molecule has 0 heterocycles. The van der Waals surface area contributed by atoms with Crippen LogP contribution in [0.3, 0.4) is 0 Å². The Labute approximate surface area is 143 Å². The van der Waals surface area contributed by atoms with E-state index in [4.69, 9.17) is 14.6 Å². The van der Waals surface area contributed by atoms with Crippen LogP contribution in [0.5, 0.6) is 11.5 Å². The van der Waals surface area contributed by atoms with Crippen LogP contribution in [0.2, 0.25) is 0 Å². The SMILES string of the molecule is COc1cc(C(=O)NC(C)C(C)C(=O)O)ccc1OCCC(C)C. The van der Waals surface area contributed by atoms with Crippen LogP contribution in [0.1, 0.15) is 44.5 Å². The summed E-state index contributed by atoms with van der Waals surface area (Å²) in [5.41, 5.74) is 0.396. The highest BCUT2D eigenvalue weighted by Gasteiger charge is 2.22. The number of hydrogen-bond donors (Lipinski definition) is 2. The van der Waals surface area contributed by atoms with Gasteiger partial charge in [0.1, 0.15) is 0 Å². The molecule has 2 unspecified atom stereocenters. The van der Waals surface area contributed by atoms with Crippen molar-refractivity contribution < 1.29 is 24.2 Å². The minimum Gasteiger partial charge on any atom is -0.493 e. The second-order valence-electron chi connectivity index (χ2n) is 6.29. The maximum absolute atomic E-state index is 12.3. The van der Waals surface area contributed by atoms with E-state index >= 15 is 0 Å². The molecule has 0 bridgehead atoms. The first kappa shape index (κ1) is 19.8. The summed E-state index contributed by atoms with van der Waals surface area (Å²) in [7, 11) is 1.52. The van der Waals surface area contributed by atoms with Crippen LogP contribution in [0.15, 0.2) is 18.2 Å². The van der Waals surface area contributed by atoms with Crippen molar-refractivity contribution in [2.75, 3.05) is 13.7 Å². The van der Waals surface area contributed by atoms with Crippen LogP contribution in [-0.4, -0.2) is 36.7 Å². The van der Waals surface area contributed by atoms with Crippen LogP contribution in [0, 0.1) is 11.8 Å². The minimum absolute atomic E-state index is 0.345. The Morgan fingerprint density at radius 1 is 1.17 bits per heavy atom. The molecule has 0 fully saturated rings. The third kappa shape index (κ3) is 5.76. The third-order valence-electron chi connectivity index (χ3n) is 3.88. The first-order chi connectivity index (χ1) is 11.3. The first-order valence-corrected chi connectivity index (χ1v) is 8.10. The molecule has 0 radical (unpaired) electrons. The van der Waals surface area contributed by atoms with Gasteiger partial charge in [0, 0.05) is 11.6 Å². The molecule has 0 aliphatic heterocycles. The number of aliphatic carboxylic acids is 1. The number of ether oxygens (including phenoxy) is 2. The lowest BCUT2D eigenvalue weighted by Crippen LogP contribution is -2.40. The molecule has 0 aliphatic carbocycles. The fraction of sp³-hybridized carbons (Fsp3) is 0.556. The Morgan fingerprint density at radius 3 is 2.38 bits per heavy atom. The Balaban J connectivity index is 2.78. The summed E-state index contributed by atoms with van der Waals surface area (Å²) >= 11 is 0. The van der Waals surface area contributed by atoms with E-state index in [-0.39, 0.29) is 5.91 Å². The van der Waals surface area contributed by atoms with Crippen LogP contribution < -0.4 is 14.8 Å². The highest BCUT2D eigenvalue weighted by Crippen LogP contribution is 2.28. The maximum atomic E-state index is 12.3. The first-order valence-electron chi connectivity index (χ1n) is 8.10. The topological polar surface area (TPSA) is 84.9 Å². The Kier molecular flexibility index (Phi) is 7.55. The number of methoxy groups -OCH3 is 1. The zero-order chi connectivity index (χ0) is 18.3. The number of rotatable bonds is 9. The fourth-order valence-corrected chi connectivity index (χ4v) is 1.96. The van der Waals surface area contributed by atoms with Crippen LogP contribution in [0.4, 0.5) is 0 Å². The predicted molar refractivity (Wildman–Crippen MR) is 91.7 cm³/mol. The molecule has 1 rings (SSSR count). The minimum atomic E-state index is -0.950. The number of nitrogens with one attached hydrogen (secondary N) is 1. The summed E-state index contributed by atoms with van der Waals surface area (Å²) < 4.78 is 11.0. The monoisotopic (exact) mass is 337 g/mol. The van der Waals surface area contributed by atoms with Crippen molar-refractivity contribution in [3.8, 4) is 11.5 Å². The van der Waals surface area contributed by atoms with Gasteiger partial charge >= 0.3 is 5.97 Å². The predicted octanol–water partition coefficient (Wildman–Crippen LogP) is 2.96. The van der Waals surface area contributed by atoms with Gasteiger partial charge in [-0.3, -0.25) is 9.59 Å². The lowest BCUT2D eigenvalue weighted by molar-refractivity contribution is -0.141. The molecule has 1 aromatic carbocycles. The summed E-state index contributed by atoms with van der Waals surface area (Å²) in [6, 6.07) is 4.45. The van der Waals surface area contributed by atoms with Gasteiger partial charge in [-0.1, -0.05) is 13.8 Å². The molecular weight excluding hydrogens is 310 g/mol. The number of benzene rings is 1. The zero-order valence-corrected chi connectivity index (χ0v) is 15.0. The highest BCUT2D eigenvalue weighted by molar-refractivity contribution is 5.95. The van der Waals surface area contributed by atoms with Crippen molar-refractivity contribution >= 4 is 11.9 Å². The normalized spacial score (nSPS) is 13.2. The Morgan fingerprint density at radius 2 is 1.83 bits per heavy atom. The highest BCUT2D eigenvalue weighted by atomic mass is 16.5. The lowest BCUT2D eigenvalue weighted by atomic mass is 10.0. The van der Waals surface area contributed by atoms with E-state index < -0.39 is 17.9 Å². The van der Waals surface area contributed by atoms with Gasteiger partial charge in [-0.25, -0.2) is 0 Å². The summed E-state index contributed by atoms with van der Waals surface area (Å²) in [5, 5.41) is 11.7. The van der Waals surface area contributed by atoms with E-state index in [0.717, 1.165) is 6.42 Å². The van der Waals surface area contributed by atoms with Gasteiger partial charge in [-0.15, -0.1) is 0 Å². The molecule has 1 amide bonds. The molecular formula is C18H27NO5. The quantitative estimate of drug-likeness (QED) is 0.723. The number of amides is 1. The van der Waals surface area contributed by atoms with Gasteiger partial charge in [0.25, 0.3) is 5.91 Å². The average Bonchev–Trinajstić information content (AvgIpc) is 2.53. The molecule has 24 heavy (non-hydrogen) atoms. The molecule has 0 saturated carbocycles. The number of carboxylic acids is 1. The molecule has 0 saturated heterocycles. The smallest absolute Gasteiger partial charge is 0.308 e. The van der Waals surface area contributed by atoms with E-state index in [9.17, 15) is 9.59 Å². The standard InChI is InChI=1S/C18H27NO5/c1-11(2)8-9-24-15-7-6-14(10-16(15)23-5)17(20)19-13(4)12(3)18(21)22/h6-7,10-13H,8-9H2,1-5H3,(H,19,20)(H,21,22). The van der Waals surface area contributed by atoms with Crippen molar-refractivity contribution in [3.63, 3.8) is 0 Å². The maximum Gasteiger partial charge on any atom is 0.308 e. The molecule has 0 aromatic heterocycles. The summed E-state index contributed by atoms with van der Waals surface area (Å²) in [4.78, 5) is 23.2. The Hall–Kier alpha value is -2.24. The second-order valence-corrected chi connectivity index (χ2v) is 6.29. The molecule has 2 atom stereocenters. The molecule has 0 spiro atoms. The Bertz CT molecular complexity index is 571. The van der Waals surface area contributed by atoms with Gasteiger partial charge in [0.05, 0.1) is 19.6 Å². The van der Waals surface area contributed by atoms with Crippen molar-refractivity contribution in [2.45, 2.75) is 40.2 Å².